The van der Waals surface area contributed by atoms with E-state index >= 15 is 0 Å². The highest BCUT2D eigenvalue weighted by molar-refractivity contribution is 6.04. The van der Waals surface area contributed by atoms with Crippen LogP contribution >= 0.6 is 0 Å². The predicted molar refractivity (Wildman–Crippen MR) is 116 cm³/mol. The molecular formula is C23H26N4O. The molecule has 28 heavy (non-hydrogen) atoms. The van der Waals surface area contributed by atoms with Crippen molar-refractivity contribution in [2.75, 3.05) is 36.2 Å². The first kappa shape index (κ1) is 19.4. The number of anilines is 3. The molecule has 0 spiro atoms. The van der Waals surface area contributed by atoms with Gasteiger partial charge in [-0.2, -0.15) is 0 Å². The number of amides is 1. The third kappa shape index (κ3) is 5.58. The molecule has 144 valence electrons. The van der Waals surface area contributed by atoms with Crippen molar-refractivity contribution in [3.63, 3.8) is 0 Å². The van der Waals surface area contributed by atoms with Crippen molar-refractivity contribution in [3.8, 4) is 0 Å². The van der Waals surface area contributed by atoms with E-state index in [1.807, 2.05) is 49.3 Å². The van der Waals surface area contributed by atoms with Crippen LogP contribution in [0.15, 0.2) is 72.9 Å². The summed E-state index contributed by atoms with van der Waals surface area (Å²) in [7, 11) is 3.97. The Morgan fingerprint density at radius 1 is 1.00 bits per heavy atom. The van der Waals surface area contributed by atoms with Crippen LogP contribution in [-0.4, -0.2) is 31.5 Å². The van der Waals surface area contributed by atoms with Gasteiger partial charge in [-0.25, -0.2) is 4.98 Å². The maximum atomic E-state index is 12.5. The molecule has 0 saturated heterocycles. The summed E-state index contributed by atoms with van der Waals surface area (Å²) in [6.45, 7) is 0.805. The Morgan fingerprint density at radius 3 is 2.46 bits per heavy atom. The van der Waals surface area contributed by atoms with E-state index in [9.17, 15) is 4.79 Å². The molecule has 0 radical (unpaired) electrons. The van der Waals surface area contributed by atoms with Crippen LogP contribution in [0.3, 0.4) is 0 Å². The zero-order valence-electron chi connectivity index (χ0n) is 16.4. The van der Waals surface area contributed by atoms with E-state index in [0.29, 0.717) is 11.4 Å². The van der Waals surface area contributed by atoms with Gasteiger partial charge in [-0.05, 0) is 54.8 Å². The fourth-order valence-corrected chi connectivity index (χ4v) is 2.87. The lowest BCUT2D eigenvalue weighted by atomic mass is 10.1. The number of carbonyl (C=O) groups is 1. The fraction of sp³-hybridized carbons (Fsp3) is 0.217. The Balaban J connectivity index is 1.52. The molecule has 1 aromatic heterocycles. The number of carbonyl (C=O) groups excluding carboxylic acids is 1. The van der Waals surface area contributed by atoms with Gasteiger partial charge in [0.25, 0.3) is 5.91 Å². The fourth-order valence-electron chi connectivity index (χ4n) is 2.87. The minimum absolute atomic E-state index is 0.146. The van der Waals surface area contributed by atoms with Crippen LogP contribution in [0.5, 0.6) is 0 Å². The molecule has 0 atom stereocenters. The normalized spacial score (nSPS) is 10.4. The highest BCUT2D eigenvalue weighted by Gasteiger charge is 2.08. The molecule has 0 aliphatic rings. The summed E-state index contributed by atoms with van der Waals surface area (Å²) in [5.41, 5.74) is 3.76. The summed E-state index contributed by atoms with van der Waals surface area (Å²) in [6.07, 6.45) is 3.67. The van der Waals surface area contributed by atoms with Crippen molar-refractivity contribution in [1.29, 1.82) is 0 Å². The molecule has 1 amide bonds. The maximum Gasteiger partial charge on any atom is 0.255 e. The number of aryl methyl sites for hydroxylation is 1. The molecule has 5 heteroatoms. The van der Waals surface area contributed by atoms with Gasteiger partial charge in [0.15, 0.2) is 0 Å². The monoisotopic (exact) mass is 374 g/mol. The van der Waals surface area contributed by atoms with Gasteiger partial charge >= 0.3 is 0 Å². The van der Waals surface area contributed by atoms with Crippen LogP contribution in [0.4, 0.5) is 17.2 Å². The zero-order chi connectivity index (χ0) is 19.8. The van der Waals surface area contributed by atoms with Crippen molar-refractivity contribution >= 4 is 23.1 Å². The van der Waals surface area contributed by atoms with Gasteiger partial charge in [0.1, 0.15) is 5.82 Å². The van der Waals surface area contributed by atoms with Crippen LogP contribution in [0.1, 0.15) is 22.3 Å². The van der Waals surface area contributed by atoms with Crippen LogP contribution in [0.25, 0.3) is 0 Å². The molecule has 1 heterocycles. The molecule has 0 fully saturated rings. The van der Waals surface area contributed by atoms with Gasteiger partial charge in [0, 0.05) is 43.8 Å². The number of hydrogen-bond donors (Lipinski definition) is 2. The van der Waals surface area contributed by atoms with E-state index in [4.69, 9.17) is 0 Å². The van der Waals surface area contributed by atoms with Crippen molar-refractivity contribution < 1.29 is 4.79 Å². The quantitative estimate of drug-likeness (QED) is 0.572. The lowest BCUT2D eigenvalue weighted by molar-refractivity contribution is 0.102. The first-order chi connectivity index (χ1) is 13.6. The summed E-state index contributed by atoms with van der Waals surface area (Å²) >= 11 is 0. The number of benzene rings is 2. The highest BCUT2D eigenvalue weighted by Crippen LogP contribution is 2.17. The second-order valence-electron chi connectivity index (χ2n) is 6.84. The van der Waals surface area contributed by atoms with E-state index in [1.165, 1.54) is 5.56 Å². The van der Waals surface area contributed by atoms with E-state index in [0.717, 1.165) is 30.8 Å². The number of nitrogens with one attached hydrogen (secondary N) is 2. The lowest BCUT2D eigenvalue weighted by Gasteiger charge is -2.13. The molecule has 2 aromatic carbocycles. The molecular weight excluding hydrogens is 348 g/mol. The minimum Gasteiger partial charge on any atom is -0.378 e. The number of nitrogens with zero attached hydrogens (tertiary/aromatic N) is 2. The zero-order valence-corrected chi connectivity index (χ0v) is 16.4. The summed E-state index contributed by atoms with van der Waals surface area (Å²) in [6, 6.07) is 21.7. The van der Waals surface area contributed by atoms with Crippen molar-refractivity contribution in [3.05, 3.63) is 84.1 Å². The first-order valence-electron chi connectivity index (χ1n) is 9.44. The SMILES string of the molecule is CN(C)c1ccc(NC(=O)c2ccnc(NCCCc3ccccc3)c2)cc1. The number of hydrogen-bond acceptors (Lipinski definition) is 4. The van der Waals surface area contributed by atoms with E-state index < -0.39 is 0 Å². The number of pyridine rings is 1. The Bertz CT molecular complexity index is 892. The first-order valence-corrected chi connectivity index (χ1v) is 9.44. The number of aromatic nitrogens is 1. The number of rotatable bonds is 8. The van der Waals surface area contributed by atoms with Crippen LogP contribution in [0.2, 0.25) is 0 Å². The lowest BCUT2D eigenvalue weighted by Crippen LogP contribution is -2.13. The van der Waals surface area contributed by atoms with E-state index in [-0.39, 0.29) is 5.91 Å². The molecule has 0 aliphatic heterocycles. The second-order valence-corrected chi connectivity index (χ2v) is 6.84. The van der Waals surface area contributed by atoms with Crippen LogP contribution in [0, 0.1) is 0 Å². The Kier molecular flexibility index (Phi) is 6.63. The standard InChI is InChI=1S/C23H26N4O/c1-27(2)21-12-10-20(11-13-21)26-23(28)19-14-16-25-22(17-19)24-15-6-9-18-7-4-3-5-8-18/h3-5,7-8,10-14,16-17H,6,9,15H2,1-2H3,(H,24,25)(H,26,28). The van der Waals surface area contributed by atoms with Crippen molar-refractivity contribution in [1.82, 2.24) is 4.98 Å². The third-order valence-corrected chi connectivity index (χ3v) is 4.45. The maximum absolute atomic E-state index is 12.5. The molecule has 0 unspecified atom stereocenters. The molecule has 0 saturated carbocycles. The molecule has 0 bridgehead atoms. The highest BCUT2D eigenvalue weighted by atomic mass is 16.1. The Labute approximate surface area is 166 Å². The van der Waals surface area contributed by atoms with Gasteiger partial charge in [0.05, 0.1) is 0 Å². The predicted octanol–water partition coefficient (Wildman–Crippen LogP) is 4.44. The van der Waals surface area contributed by atoms with E-state index in [1.54, 1.807) is 18.3 Å². The average Bonchev–Trinajstić information content (AvgIpc) is 2.72. The summed E-state index contributed by atoms with van der Waals surface area (Å²) in [5, 5.41) is 6.22. The molecule has 5 nitrogen and oxygen atoms in total. The molecule has 3 aromatic rings. The molecule has 3 rings (SSSR count). The smallest absolute Gasteiger partial charge is 0.255 e. The van der Waals surface area contributed by atoms with Crippen LogP contribution in [-0.2, 0) is 6.42 Å². The van der Waals surface area contributed by atoms with Crippen molar-refractivity contribution in [2.45, 2.75) is 12.8 Å². The van der Waals surface area contributed by atoms with Crippen molar-refractivity contribution in [2.24, 2.45) is 0 Å². The summed E-state index contributed by atoms with van der Waals surface area (Å²) in [4.78, 5) is 18.8. The van der Waals surface area contributed by atoms with Gasteiger partial charge in [-0.15, -0.1) is 0 Å². The Hall–Kier alpha value is -3.34. The molecule has 2 N–H and O–H groups in total. The molecule has 0 aliphatic carbocycles. The third-order valence-electron chi connectivity index (χ3n) is 4.45. The van der Waals surface area contributed by atoms with Crippen LogP contribution < -0.4 is 15.5 Å². The van der Waals surface area contributed by atoms with Gasteiger partial charge in [0.2, 0.25) is 0 Å². The minimum atomic E-state index is -0.146. The Morgan fingerprint density at radius 2 is 1.75 bits per heavy atom. The topological polar surface area (TPSA) is 57.3 Å². The van der Waals surface area contributed by atoms with Gasteiger partial charge < -0.3 is 15.5 Å². The van der Waals surface area contributed by atoms with Gasteiger partial charge in [-0.3, -0.25) is 4.79 Å². The summed E-state index contributed by atoms with van der Waals surface area (Å²) in [5.74, 6) is 0.566. The average molecular weight is 374 g/mol. The second kappa shape index (κ2) is 9.55. The summed E-state index contributed by atoms with van der Waals surface area (Å²) < 4.78 is 0. The van der Waals surface area contributed by atoms with E-state index in [2.05, 4.69) is 39.9 Å². The van der Waals surface area contributed by atoms with Gasteiger partial charge in [-0.1, -0.05) is 30.3 Å². The largest absolute Gasteiger partial charge is 0.378 e.